The molecule has 0 amide bonds. The Balaban J connectivity index is 1.57. The third-order valence-corrected chi connectivity index (χ3v) is 7.00. The minimum Gasteiger partial charge on any atom is -0.392 e. The van der Waals surface area contributed by atoms with Gasteiger partial charge in [0.2, 0.25) is 0 Å². The van der Waals surface area contributed by atoms with Crippen molar-refractivity contribution in [1.82, 2.24) is 4.98 Å². The maximum absolute atomic E-state index is 11.0. The molecule has 1 aromatic heterocycles. The standard InChI is InChI=1S/C17H25NOS/c1-11-18-14(9-20-11)4-15(19)17-7-12-3-13(8-17)6-16(2,5-12)10-17/h9,12-13,15,19H,3-8,10H2,1-2H3. The Hall–Kier alpha value is -0.410. The summed E-state index contributed by atoms with van der Waals surface area (Å²) in [4.78, 5) is 4.55. The van der Waals surface area contributed by atoms with Gasteiger partial charge in [-0.1, -0.05) is 6.92 Å². The zero-order chi connectivity index (χ0) is 14.0. The number of hydrogen-bond acceptors (Lipinski definition) is 3. The Labute approximate surface area is 125 Å². The van der Waals surface area contributed by atoms with Crippen LogP contribution in [-0.4, -0.2) is 16.2 Å². The van der Waals surface area contributed by atoms with Crippen LogP contribution in [0.4, 0.5) is 0 Å². The number of aliphatic hydroxyl groups excluding tert-OH is 1. The molecule has 5 rings (SSSR count). The molecule has 1 N–H and O–H groups in total. The van der Waals surface area contributed by atoms with Crippen LogP contribution in [0, 0.1) is 29.6 Å². The lowest BCUT2D eigenvalue weighted by atomic mass is 9.43. The van der Waals surface area contributed by atoms with Gasteiger partial charge in [-0.05, 0) is 68.1 Å². The Morgan fingerprint density at radius 1 is 1.35 bits per heavy atom. The molecule has 3 unspecified atom stereocenters. The van der Waals surface area contributed by atoms with Gasteiger partial charge in [0.25, 0.3) is 0 Å². The third kappa shape index (κ3) is 2.05. The molecule has 4 saturated carbocycles. The Morgan fingerprint density at radius 2 is 2.05 bits per heavy atom. The van der Waals surface area contributed by atoms with Crippen LogP contribution in [-0.2, 0) is 6.42 Å². The first kappa shape index (κ1) is 13.3. The predicted molar refractivity (Wildman–Crippen MR) is 81.8 cm³/mol. The van der Waals surface area contributed by atoms with Crippen LogP contribution < -0.4 is 0 Å². The highest BCUT2D eigenvalue weighted by Gasteiger charge is 2.58. The van der Waals surface area contributed by atoms with Crippen molar-refractivity contribution in [2.45, 2.75) is 64.9 Å². The maximum Gasteiger partial charge on any atom is 0.0897 e. The van der Waals surface area contributed by atoms with Gasteiger partial charge >= 0.3 is 0 Å². The summed E-state index contributed by atoms with van der Waals surface area (Å²) >= 11 is 1.70. The number of thiazole rings is 1. The van der Waals surface area contributed by atoms with E-state index in [1.807, 2.05) is 6.92 Å². The summed E-state index contributed by atoms with van der Waals surface area (Å²) in [7, 11) is 0. The first-order valence-electron chi connectivity index (χ1n) is 8.06. The lowest BCUT2D eigenvalue weighted by Gasteiger charge is -2.62. The van der Waals surface area contributed by atoms with Gasteiger partial charge < -0.3 is 5.11 Å². The van der Waals surface area contributed by atoms with Crippen molar-refractivity contribution >= 4 is 11.3 Å². The monoisotopic (exact) mass is 291 g/mol. The molecule has 0 radical (unpaired) electrons. The van der Waals surface area contributed by atoms with Crippen molar-refractivity contribution in [2.75, 3.05) is 0 Å². The lowest BCUT2D eigenvalue weighted by molar-refractivity contribution is -0.152. The molecule has 0 saturated heterocycles. The van der Waals surface area contributed by atoms with Crippen LogP contribution in [0.25, 0.3) is 0 Å². The van der Waals surface area contributed by atoms with Crippen LogP contribution >= 0.6 is 11.3 Å². The van der Waals surface area contributed by atoms with E-state index < -0.39 is 0 Å². The summed E-state index contributed by atoms with van der Waals surface area (Å²) in [5.74, 6) is 1.76. The van der Waals surface area contributed by atoms with Crippen LogP contribution in [0.1, 0.15) is 56.2 Å². The summed E-state index contributed by atoms with van der Waals surface area (Å²) in [6, 6.07) is 0. The van der Waals surface area contributed by atoms with Crippen molar-refractivity contribution in [3.05, 3.63) is 16.1 Å². The van der Waals surface area contributed by atoms with Crippen molar-refractivity contribution in [2.24, 2.45) is 22.7 Å². The molecule has 4 aliphatic rings. The Kier molecular flexibility index (Phi) is 2.85. The Bertz CT molecular complexity index is 509. The molecule has 20 heavy (non-hydrogen) atoms. The van der Waals surface area contributed by atoms with E-state index in [2.05, 4.69) is 17.3 Å². The lowest BCUT2D eigenvalue weighted by Crippen LogP contribution is -2.55. The highest BCUT2D eigenvalue weighted by atomic mass is 32.1. The number of rotatable bonds is 3. The average molecular weight is 291 g/mol. The van der Waals surface area contributed by atoms with Gasteiger partial charge in [0.1, 0.15) is 0 Å². The molecule has 3 atom stereocenters. The molecule has 0 aromatic carbocycles. The number of aromatic nitrogens is 1. The summed E-state index contributed by atoms with van der Waals surface area (Å²) in [6.45, 7) is 4.52. The largest absolute Gasteiger partial charge is 0.392 e. The summed E-state index contributed by atoms with van der Waals surface area (Å²) in [5, 5.41) is 14.2. The highest BCUT2D eigenvalue weighted by molar-refractivity contribution is 7.09. The van der Waals surface area contributed by atoms with Gasteiger partial charge in [0.15, 0.2) is 0 Å². The van der Waals surface area contributed by atoms with Crippen LogP contribution in [0.15, 0.2) is 5.38 Å². The van der Waals surface area contributed by atoms with Crippen LogP contribution in [0.5, 0.6) is 0 Å². The Morgan fingerprint density at radius 3 is 2.60 bits per heavy atom. The molecule has 110 valence electrons. The summed E-state index contributed by atoms with van der Waals surface area (Å²) in [6.07, 6.45) is 8.61. The minimum atomic E-state index is -0.186. The van der Waals surface area contributed by atoms with Crippen molar-refractivity contribution in [3.8, 4) is 0 Å². The highest BCUT2D eigenvalue weighted by Crippen LogP contribution is 2.66. The zero-order valence-corrected chi connectivity index (χ0v) is 13.4. The normalized spacial score (nSPS) is 44.0. The van der Waals surface area contributed by atoms with Gasteiger partial charge in [0.05, 0.1) is 16.8 Å². The van der Waals surface area contributed by atoms with Crippen LogP contribution in [0.3, 0.4) is 0 Å². The molecular weight excluding hydrogens is 266 g/mol. The van der Waals surface area contributed by atoms with E-state index in [-0.39, 0.29) is 11.5 Å². The topological polar surface area (TPSA) is 33.1 Å². The van der Waals surface area contributed by atoms with Gasteiger partial charge in [0, 0.05) is 11.8 Å². The van der Waals surface area contributed by atoms with Gasteiger partial charge in [-0.15, -0.1) is 11.3 Å². The molecule has 1 aromatic rings. The fourth-order valence-electron chi connectivity index (χ4n) is 6.10. The van der Waals surface area contributed by atoms with Crippen molar-refractivity contribution < 1.29 is 5.11 Å². The first-order valence-corrected chi connectivity index (χ1v) is 8.93. The van der Waals surface area contributed by atoms with Gasteiger partial charge in [-0.3, -0.25) is 0 Å². The SMILES string of the molecule is Cc1nc(CC(O)C23CC4CC(CC(C)(C4)C2)C3)cs1. The molecule has 3 heteroatoms. The number of nitrogens with zero attached hydrogens (tertiary/aromatic N) is 1. The van der Waals surface area contributed by atoms with E-state index in [4.69, 9.17) is 0 Å². The first-order chi connectivity index (χ1) is 9.46. The van der Waals surface area contributed by atoms with Crippen LogP contribution in [0.2, 0.25) is 0 Å². The number of aliphatic hydroxyl groups is 1. The van der Waals surface area contributed by atoms with E-state index >= 15 is 0 Å². The van der Waals surface area contributed by atoms with Crippen molar-refractivity contribution in [1.29, 1.82) is 0 Å². The molecule has 0 aliphatic heterocycles. The summed E-state index contributed by atoms with van der Waals surface area (Å²) in [5.41, 5.74) is 1.82. The van der Waals surface area contributed by atoms with E-state index in [0.29, 0.717) is 5.41 Å². The predicted octanol–water partition coefficient (Wildman–Crippen LogP) is 3.96. The molecule has 4 bridgehead atoms. The maximum atomic E-state index is 11.0. The van der Waals surface area contributed by atoms with Gasteiger partial charge in [-0.25, -0.2) is 4.98 Å². The molecule has 1 heterocycles. The second-order valence-electron chi connectivity index (χ2n) is 8.21. The quantitative estimate of drug-likeness (QED) is 0.914. The number of aryl methyl sites for hydroxylation is 1. The minimum absolute atomic E-state index is 0.186. The average Bonchev–Trinajstić information content (AvgIpc) is 2.71. The van der Waals surface area contributed by atoms with Crippen molar-refractivity contribution in [3.63, 3.8) is 0 Å². The van der Waals surface area contributed by atoms with E-state index in [0.717, 1.165) is 29.0 Å². The molecule has 0 spiro atoms. The summed E-state index contributed by atoms with van der Waals surface area (Å²) < 4.78 is 0. The third-order valence-electron chi connectivity index (χ3n) is 6.17. The second kappa shape index (κ2) is 4.30. The fraction of sp³-hybridized carbons (Fsp3) is 0.824. The molecule has 2 nitrogen and oxygen atoms in total. The smallest absolute Gasteiger partial charge is 0.0897 e. The van der Waals surface area contributed by atoms with E-state index in [1.54, 1.807) is 11.3 Å². The number of hydrogen-bond donors (Lipinski definition) is 1. The van der Waals surface area contributed by atoms with E-state index in [1.165, 1.54) is 38.5 Å². The fourth-order valence-corrected chi connectivity index (χ4v) is 6.73. The molecular formula is C17H25NOS. The molecule has 4 aliphatic carbocycles. The zero-order valence-electron chi connectivity index (χ0n) is 12.6. The molecule has 4 fully saturated rings. The van der Waals surface area contributed by atoms with Gasteiger partial charge in [-0.2, -0.15) is 0 Å². The second-order valence-corrected chi connectivity index (χ2v) is 9.27. The van der Waals surface area contributed by atoms with E-state index in [9.17, 15) is 5.11 Å².